The third kappa shape index (κ3) is 12.0. The van der Waals surface area contributed by atoms with Gasteiger partial charge in [-0.2, -0.15) is 0 Å². The van der Waals surface area contributed by atoms with Crippen LogP contribution in [0.4, 0.5) is 0 Å². The van der Waals surface area contributed by atoms with Gasteiger partial charge >= 0.3 is 0 Å². The van der Waals surface area contributed by atoms with Crippen LogP contribution in [0.1, 0.15) is 141 Å². The van der Waals surface area contributed by atoms with Gasteiger partial charge in [-0.3, -0.25) is 0 Å². The average molecular weight is 455 g/mol. The van der Waals surface area contributed by atoms with Crippen LogP contribution in [0.2, 0.25) is 0 Å². The fourth-order valence-electron chi connectivity index (χ4n) is 5.14. The summed E-state index contributed by atoms with van der Waals surface area (Å²) in [5, 5.41) is 0. The quantitative estimate of drug-likeness (QED) is 0.170. The Hall–Kier alpha value is -1.44. The topological polar surface area (TPSA) is 6.48 Å². The van der Waals surface area contributed by atoms with Crippen LogP contribution in [0.3, 0.4) is 0 Å². The van der Waals surface area contributed by atoms with Crippen molar-refractivity contribution in [3.8, 4) is 0 Å². The van der Waals surface area contributed by atoms with Crippen LogP contribution in [-0.2, 0) is 0 Å². The van der Waals surface area contributed by atoms with Gasteiger partial charge in [0.15, 0.2) is 0 Å². The van der Waals surface area contributed by atoms with E-state index >= 15 is 0 Å². The van der Waals surface area contributed by atoms with Crippen molar-refractivity contribution >= 4 is 0 Å². The zero-order valence-corrected chi connectivity index (χ0v) is 22.2. The fourth-order valence-corrected chi connectivity index (χ4v) is 5.14. The van der Waals surface area contributed by atoms with E-state index < -0.39 is 0 Å². The van der Waals surface area contributed by atoms with Crippen LogP contribution in [0.5, 0.6) is 0 Å². The lowest BCUT2D eigenvalue weighted by Gasteiger charge is -2.33. The standard InChI is InChI=1S/C31H54N2/c1-3-5-7-9-11-12-13-14-15-16-18-23-27-33-29-28-32(26-22-17-10-8-6-4-2)31(33)30-24-20-19-21-25-30/h19-21,24-25,28-29,31H,3-18,22-23,26-27H2,1-2H3. The number of benzene rings is 1. The average Bonchev–Trinajstić information content (AvgIpc) is 3.25. The summed E-state index contributed by atoms with van der Waals surface area (Å²) < 4.78 is 0. The molecule has 0 aromatic heterocycles. The number of nitrogens with zero attached hydrogens (tertiary/aromatic N) is 2. The highest BCUT2D eigenvalue weighted by molar-refractivity contribution is 5.21. The minimum atomic E-state index is 0.398. The molecule has 0 fully saturated rings. The largest absolute Gasteiger partial charge is 0.352 e. The predicted molar refractivity (Wildman–Crippen MR) is 146 cm³/mol. The molecule has 0 aliphatic carbocycles. The highest BCUT2D eigenvalue weighted by Crippen LogP contribution is 2.31. The molecule has 1 aliphatic heterocycles. The maximum Gasteiger partial charge on any atom is 0.127 e. The van der Waals surface area contributed by atoms with E-state index in [1.807, 2.05) is 0 Å². The first kappa shape index (κ1) is 27.8. The molecule has 188 valence electrons. The highest BCUT2D eigenvalue weighted by atomic mass is 15.4. The zero-order chi connectivity index (χ0) is 23.4. The predicted octanol–water partition coefficient (Wildman–Crippen LogP) is 9.84. The fraction of sp³-hybridized carbons (Fsp3) is 0.742. The van der Waals surface area contributed by atoms with Gasteiger partial charge in [-0.15, -0.1) is 0 Å². The summed E-state index contributed by atoms with van der Waals surface area (Å²) in [6.45, 7) is 6.95. The summed E-state index contributed by atoms with van der Waals surface area (Å²) >= 11 is 0. The molecule has 33 heavy (non-hydrogen) atoms. The Morgan fingerprint density at radius 1 is 0.485 bits per heavy atom. The van der Waals surface area contributed by atoms with Gasteiger partial charge in [-0.05, 0) is 18.4 Å². The van der Waals surface area contributed by atoms with Crippen molar-refractivity contribution in [1.82, 2.24) is 9.80 Å². The molecule has 0 saturated carbocycles. The Labute approximate surface area is 206 Å². The van der Waals surface area contributed by atoms with Gasteiger partial charge in [-0.25, -0.2) is 0 Å². The molecule has 1 aromatic carbocycles. The molecule has 0 saturated heterocycles. The Morgan fingerprint density at radius 2 is 0.848 bits per heavy atom. The van der Waals surface area contributed by atoms with Crippen molar-refractivity contribution in [3.05, 3.63) is 48.3 Å². The molecule has 2 rings (SSSR count). The lowest BCUT2D eigenvalue weighted by Crippen LogP contribution is -2.32. The van der Waals surface area contributed by atoms with Crippen LogP contribution in [0.25, 0.3) is 0 Å². The Morgan fingerprint density at radius 3 is 1.24 bits per heavy atom. The minimum absolute atomic E-state index is 0.398. The van der Waals surface area contributed by atoms with Gasteiger partial charge in [0.25, 0.3) is 0 Å². The van der Waals surface area contributed by atoms with E-state index in [-0.39, 0.29) is 0 Å². The van der Waals surface area contributed by atoms with Crippen LogP contribution in [0.15, 0.2) is 42.7 Å². The molecule has 1 aliphatic rings. The molecule has 0 N–H and O–H groups in total. The molecule has 1 aromatic rings. The summed E-state index contributed by atoms with van der Waals surface area (Å²) in [6.07, 6.45) is 30.3. The molecule has 1 heterocycles. The monoisotopic (exact) mass is 454 g/mol. The number of hydrogen-bond acceptors (Lipinski definition) is 2. The smallest absolute Gasteiger partial charge is 0.127 e. The Bertz CT molecular complexity index is 582. The van der Waals surface area contributed by atoms with Crippen molar-refractivity contribution in [2.75, 3.05) is 13.1 Å². The van der Waals surface area contributed by atoms with Crippen LogP contribution >= 0.6 is 0 Å². The summed E-state index contributed by atoms with van der Waals surface area (Å²) in [7, 11) is 0. The van der Waals surface area contributed by atoms with Crippen molar-refractivity contribution in [3.63, 3.8) is 0 Å². The van der Waals surface area contributed by atoms with Crippen LogP contribution < -0.4 is 0 Å². The summed E-state index contributed by atoms with van der Waals surface area (Å²) in [6, 6.07) is 11.1. The second-order valence-electron chi connectivity index (χ2n) is 10.2. The van der Waals surface area contributed by atoms with Crippen LogP contribution in [-0.4, -0.2) is 22.9 Å². The van der Waals surface area contributed by atoms with E-state index in [1.54, 1.807) is 0 Å². The molecular weight excluding hydrogens is 400 g/mol. The summed E-state index contributed by atoms with van der Waals surface area (Å²) in [5.41, 5.74) is 1.44. The molecule has 2 heteroatoms. The van der Waals surface area contributed by atoms with Gasteiger partial charge in [-0.1, -0.05) is 147 Å². The van der Waals surface area contributed by atoms with Gasteiger partial charge in [0, 0.05) is 25.5 Å². The second kappa shape index (κ2) is 18.9. The molecule has 1 unspecified atom stereocenters. The van der Waals surface area contributed by atoms with Crippen molar-refractivity contribution < 1.29 is 0 Å². The molecule has 1 atom stereocenters. The van der Waals surface area contributed by atoms with Gasteiger partial charge in [0.05, 0.1) is 0 Å². The summed E-state index contributed by atoms with van der Waals surface area (Å²) in [5.74, 6) is 0. The number of hydrogen-bond donors (Lipinski definition) is 0. The second-order valence-corrected chi connectivity index (χ2v) is 10.2. The molecule has 0 radical (unpaired) electrons. The van der Waals surface area contributed by atoms with E-state index in [0.29, 0.717) is 6.17 Å². The first-order valence-electron chi connectivity index (χ1n) is 14.6. The highest BCUT2D eigenvalue weighted by Gasteiger charge is 2.26. The lowest BCUT2D eigenvalue weighted by molar-refractivity contribution is 0.149. The first-order valence-corrected chi connectivity index (χ1v) is 14.6. The SMILES string of the molecule is CCCCCCCCCCCCCCN1C=CN(CCCCCCCC)C1c1ccccc1. The van der Waals surface area contributed by atoms with E-state index in [0.717, 1.165) is 0 Å². The maximum absolute atomic E-state index is 2.59. The number of unbranched alkanes of at least 4 members (excludes halogenated alkanes) is 16. The van der Waals surface area contributed by atoms with Gasteiger partial charge < -0.3 is 9.80 Å². The van der Waals surface area contributed by atoms with Gasteiger partial charge in [0.2, 0.25) is 0 Å². The summed E-state index contributed by atoms with van der Waals surface area (Å²) in [4.78, 5) is 5.17. The minimum Gasteiger partial charge on any atom is -0.352 e. The van der Waals surface area contributed by atoms with E-state index in [2.05, 4.69) is 66.4 Å². The van der Waals surface area contributed by atoms with Crippen molar-refractivity contribution in [2.24, 2.45) is 0 Å². The molecular formula is C31H54N2. The van der Waals surface area contributed by atoms with Crippen LogP contribution in [0, 0.1) is 0 Å². The van der Waals surface area contributed by atoms with E-state index in [9.17, 15) is 0 Å². The Balaban J connectivity index is 1.62. The van der Waals surface area contributed by atoms with E-state index in [4.69, 9.17) is 0 Å². The molecule has 2 nitrogen and oxygen atoms in total. The Kier molecular flexibility index (Phi) is 15.9. The maximum atomic E-state index is 2.59. The normalized spacial score (nSPS) is 15.6. The molecule has 0 amide bonds. The first-order chi connectivity index (χ1) is 16.4. The lowest BCUT2D eigenvalue weighted by atomic mass is 10.1. The zero-order valence-electron chi connectivity index (χ0n) is 22.2. The van der Waals surface area contributed by atoms with Gasteiger partial charge in [0.1, 0.15) is 6.17 Å². The molecule has 0 bridgehead atoms. The van der Waals surface area contributed by atoms with Crippen molar-refractivity contribution in [2.45, 2.75) is 136 Å². The third-order valence-electron chi connectivity index (χ3n) is 7.22. The molecule has 0 spiro atoms. The van der Waals surface area contributed by atoms with E-state index in [1.165, 1.54) is 134 Å². The van der Waals surface area contributed by atoms with Crippen molar-refractivity contribution in [1.29, 1.82) is 0 Å². The number of rotatable bonds is 21. The third-order valence-corrected chi connectivity index (χ3v) is 7.22.